The van der Waals surface area contributed by atoms with Crippen molar-refractivity contribution in [2.45, 2.75) is 44.7 Å². The average molecular weight is 255 g/mol. The minimum absolute atomic E-state index is 0.0609. The molecule has 0 aromatic heterocycles. The number of nitriles is 1. The van der Waals surface area contributed by atoms with Gasteiger partial charge in [0.15, 0.2) is 0 Å². The Kier molecular flexibility index (Phi) is 5.29. The number of rotatable bonds is 7. The van der Waals surface area contributed by atoms with E-state index in [9.17, 15) is 4.79 Å². The average Bonchev–Trinajstić information content (AvgIpc) is 3.12. The van der Waals surface area contributed by atoms with Crippen LogP contribution in [0.4, 0.5) is 0 Å². The molecule has 0 spiro atoms. The number of amides is 1. The van der Waals surface area contributed by atoms with Crippen LogP contribution in [0.1, 0.15) is 33.1 Å². The van der Waals surface area contributed by atoms with Crippen LogP contribution < -0.4 is 11.1 Å². The predicted octanol–water partition coefficient (Wildman–Crippen LogP) is 1.27. The van der Waals surface area contributed by atoms with Crippen molar-refractivity contribution in [2.75, 3.05) is 11.5 Å². The summed E-state index contributed by atoms with van der Waals surface area (Å²) in [7, 11) is 0. The first-order chi connectivity index (χ1) is 8.01. The third-order valence-corrected chi connectivity index (χ3v) is 4.24. The number of thioether (sulfide) groups is 1. The monoisotopic (exact) mass is 255 g/mol. The quantitative estimate of drug-likeness (QED) is 0.718. The molecule has 0 aromatic carbocycles. The molecule has 4 nitrogen and oxygen atoms in total. The number of nitrogens with one attached hydrogen (secondary N) is 1. The normalized spacial score (nSPS) is 20.1. The lowest BCUT2D eigenvalue weighted by molar-refractivity contribution is -0.119. The Balaban J connectivity index is 2.27. The summed E-state index contributed by atoms with van der Waals surface area (Å²) >= 11 is 1.53. The molecule has 2 atom stereocenters. The Labute approximate surface area is 107 Å². The largest absolute Gasteiger partial charge is 0.337 e. The summed E-state index contributed by atoms with van der Waals surface area (Å²) in [5.41, 5.74) is 5.09. The van der Waals surface area contributed by atoms with Gasteiger partial charge >= 0.3 is 0 Å². The van der Waals surface area contributed by atoms with Gasteiger partial charge in [0, 0.05) is 11.8 Å². The van der Waals surface area contributed by atoms with Gasteiger partial charge in [-0.15, -0.1) is 0 Å². The fraction of sp³-hybridized carbons (Fsp3) is 0.833. The molecule has 0 bridgehead atoms. The van der Waals surface area contributed by atoms with Crippen molar-refractivity contribution >= 4 is 17.7 Å². The Morgan fingerprint density at radius 3 is 2.82 bits per heavy atom. The number of carbonyl (C=O) groups excluding carboxylic acids is 1. The molecule has 3 N–H and O–H groups in total. The highest BCUT2D eigenvalue weighted by Crippen LogP contribution is 2.39. The summed E-state index contributed by atoms with van der Waals surface area (Å²) in [6, 6.07) is 2.37. The SMILES string of the molecule is CCC(N)CSCC(=O)NC(C)(C#N)C1CC1. The molecular weight excluding hydrogens is 234 g/mol. The van der Waals surface area contributed by atoms with Crippen molar-refractivity contribution < 1.29 is 4.79 Å². The number of hydrogen-bond acceptors (Lipinski definition) is 4. The van der Waals surface area contributed by atoms with E-state index in [4.69, 9.17) is 11.0 Å². The molecule has 0 heterocycles. The Bertz CT molecular complexity index is 311. The van der Waals surface area contributed by atoms with Gasteiger partial charge in [0.1, 0.15) is 5.54 Å². The van der Waals surface area contributed by atoms with E-state index in [-0.39, 0.29) is 11.9 Å². The Morgan fingerprint density at radius 1 is 1.71 bits per heavy atom. The van der Waals surface area contributed by atoms with E-state index < -0.39 is 5.54 Å². The molecule has 1 fully saturated rings. The van der Waals surface area contributed by atoms with Gasteiger partial charge in [0.2, 0.25) is 5.91 Å². The summed E-state index contributed by atoms with van der Waals surface area (Å²) in [4.78, 5) is 11.7. The van der Waals surface area contributed by atoms with Gasteiger partial charge in [0.05, 0.1) is 11.8 Å². The maximum absolute atomic E-state index is 11.7. The lowest BCUT2D eigenvalue weighted by Crippen LogP contribution is -2.47. The van der Waals surface area contributed by atoms with E-state index in [1.807, 2.05) is 13.8 Å². The van der Waals surface area contributed by atoms with Crippen molar-refractivity contribution in [3.05, 3.63) is 0 Å². The molecular formula is C12H21N3OS. The van der Waals surface area contributed by atoms with Gasteiger partial charge < -0.3 is 11.1 Å². The lowest BCUT2D eigenvalue weighted by atomic mass is 9.98. The highest BCUT2D eigenvalue weighted by molar-refractivity contribution is 7.99. The van der Waals surface area contributed by atoms with E-state index in [0.717, 1.165) is 25.0 Å². The molecule has 17 heavy (non-hydrogen) atoms. The first-order valence-corrected chi connectivity index (χ1v) is 7.23. The lowest BCUT2D eigenvalue weighted by Gasteiger charge is -2.22. The molecule has 1 saturated carbocycles. The van der Waals surface area contributed by atoms with Crippen LogP contribution in [0.5, 0.6) is 0 Å². The maximum Gasteiger partial charge on any atom is 0.231 e. The van der Waals surface area contributed by atoms with Crippen LogP contribution in [0.25, 0.3) is 0 Å². The summed E-state index contributed by atoms with van der Waals surface area (Å²) < 4.78 is 0. The molecule has 1 aliphatic carbocycles. The van der Waals surface area contributed by atoms with Crippen molar-refractivity contribution in [2.24, 2.45) is 11.7 Å². The van der Waals surface area contributed by atoms with Gasteiger partial charge in [-0.2, -0.15) is 17.0 Å². The topological polar surface area (TPSA) is 78.9 Å². The second kappa shape index (κ2) is 6.27. The minimum Gasteiger partial charge on any atom is -0.337 e. The van der Waals surface area contributed by atoms with E-state index in [0.29, 0.717) is 11.7 Å². The zero-order valence-corrected chi connectivity index (χ0v) is 11.3. The van der Waals surface area contributed by atoms with Crippen molar-refractivity contribution in [3.63, 3.8) is 0 Å². The van der Waals surface area contributed by atoms with Crippen molar-refractivity contribution in [3.8, 4) is 6.07 Å². The maximum atomic E-state index is 11.7. The van der Waals surface area contributed by atoms with Crippen LogP contribution in [-0.2, 0) is 4.79 Å². The van der Waals surface area contributed by atoms with Gasteiger partial charge in [-0.3, -0.25) is 4.79 Å². The molecule has 0 aliphatic heterocycles. The summed E-state index contributed by atoms with van der Waals surface area (Å²) in [6.45, 7) is 3.84. The third-order valence-electron chi connectivity index (χ3n) is 3.11. The molecule has 96 valence electrons. The van der Waals surface area contributed by atoms with E-state index in [1.54, 1.807) is 0 Å². The Morgan fingerprint density at radius 2 is 2.35 bits per heavy atom. The summed E-state index contributed by atoms with van der Waals surface area (Å²) in [5, 5.41) is 11.9. The van der Waals surface area contributed by atoms with Crippen LogP contribution >= 0.6 is 11.8 Å². The molecule has 0 radical (unpaired) electrons. The van der Waals surface area contributed by atoms with E-state index >= 15 is 0 Å². The van der Waals surface area contributed by atoms with Gasteiger partial charge in [-0.25, -0.2) is 0 Å². The van der Waals surface area contributed by atoms with E-state index in [1.165, 1.54) is 11.8 Å². The van der Waals surface area contributed by atoms with E-state index in [2.05, 4.69) is 11.4 Å². The molecule has 2 unspecified atom stereocenters. The third kappa shape index (κ3) is 4.57. The van der Waals surface area contributed by atoms with Gasteiger partial charge in [0.25, 0.3) is 0 Å². The van der Waals surface area contributed by atoms with Crippen LogP contribution in [0.15, 0.2) is 0 Å². The fourth-order valence-corrected chi connectivity index (χ4v) is 2.54. The zero-order chi connectivity index (χ0) is 12.9. The molecule has 5 heteroatoms. The van der Waals surface area contributed by atoms with Crippen LogP contribution in [-0.4, -0.2) is 29.0 Å². The molecule has 1 rings (SSSR count). The summed E-state index contributed by atoms with van der Waals surface area (Å²) in [6.07, 6.45) is 3.00. The number of nitrogens with zero attached hydrogens (tertiary/aromatic N) is 1. The van der Waals surface area contributed by atoms with Crippen molar-refractivity contribution in [1.82, 2.24) is 5.32 Å². The fourth-order valence-electron chi connectivity index (χ4n) is 1.63. The van der Waals surface area contributed by atoms with Gasteiger partial charge in [-0.05, 0) is 32.1 Å². The van der Waals surface area contributed by atoms with Crippen LogP contribution in [0, 0.1) is 17.2 Å². The first kappa shape index (κ1) is 14.3. The Hall–Kier alpha value is -0.730. The highest BCUT2D eigenvalue weighted by Gasteiger charge is 2.42. The second-order valence-electron chi connectivity index (χ2n) is 4.82. The predicted molar refractivity (Wildman–Crippen MR) is 70.5 cm³/mol. The van der Waals surface area contributed by atoms with Crippen LogP contribution in [0.2, 0.25) is 0 Å². The number of hydrogen-bond donors (Lipinski definition) is 2. The minimum atomic E-state index is -0.676. The highest BCUT2D eigenvalue weighted by atomic mass is 32.2. The molecule has 1 aliphatic rings. The molecule has 0 aromatic rings. The molecule has 0 saturated heterocycles. The van der Waals surface area contributed by atoms with Crippen molar-refractivity contribution in [1.29, 1.82) is 5.26 Å². The number of carbonyl (C=O) groups is 1. The second-order valence-corrected chi connectivity index (χ2v) is 5.85. The molecule has 1 amide bonds. The summed E-state index contributed by atoms with van der Waals surface area (Å²) in [5.74, 6) is 1.45. The van der Waals surface area contributed by atoms with Crippen LogP contribution in [0.3, 0.4) is 0 Å². The first-order valence-electron chi connectivity index (χ1n) is 6.07. The van der Waals surface area contributed by atoms with Gasteiger partial charge in [-0.1, -0.05) is 6.92 Å². The zero-order valence-electron chi connectivity index (χ0n) is 10.5. The smallest absolute Gasteiger partial charge is 0.231 e. The number of nitrogens with two attached hydrogens (primary N) is 1. The standard InChI is InChI=1S/C12H21N3OS/c1-3-10(14)6-17-7-11(16)15-12(2,8-13)9-4-5-9/h9-10H,3-7,14H2,1-2H3,(H,15,16).